The lowest BCUT2D eigenvalue weighted by molar-refractivity contribution is 0.0526. The van der Waals surface area contributed by atoms with Crippen molar-refractivity contribution in [3.8, 4) is 0 Å². The summed E-state index contributed by atoms with van der Waals surface area (Å²) in [6, 6.07) is 7.61. The molecule has 1 aromatic carbocycles. The predicted molar refractivity (Wildman–Crippen MR) is 76.1 cm³/mol. The van der Waals surface area contributed by atoms with Gasteiger partial charge in [-0.3, -0.25) is 0 Å². The molecule has 0 aliphatic heterocycles. The molecule has 0 spiro atoms. The quantitative estimate of drug-likeness (QED) is 0.447. The van der Waals surface area contributed by atoms with Crippen LogP contribution in [0.1, 0.15) is 24.2 Å². The van der Waals surface area contributed by atoms with Crippen molar-refractivity contribution in [2.75, 3.05) is 18.6 Å². The van der Waals surface area contributed by atoms with Crippen LogP contribution in [0, 0.1) is 0 Å². The molecule has 0 saturated carbocycles. The number of hydrogen-bond donors (Lipinski definition) is 0. The molecule has 2 nitrogen and oxygen atoms in total. The highest BCUT2D eigenvalue weighted by molar-refractivity contribution is 8.00. The van der Waals surface area contributed by atoms with Crippen LogP contribution in [0.15, 0.2) is 29.2 Å². The Hall–Kier alpha value is -0.610. The normalized spacial score (nSPS) is 10.6. The maximum absolute atomic E-state index is 11.9. The van der Waals surface area contributed by atoms with Crippen molar-refractivity contribution in [2.45, 2.75) is 24.0 Å². The molecule has 0 heterocycles. The first-order valence-electron chi connectivity index (χ1n) is 5.57. The van der Waals surface area contributed by atoms with E-state index in [1.54, 1.807) is 23.5 Å². The molecular weight excluding hydrogens is 252 g/mol. The third kappa shape index (κ3) is 5.04. The van der Waals surface area contributed by atoms with Gasteiger partial charge in [0.15, 0.2) is 0 Å². The van der Waals surface area contributed by atoms with Gasteiger partial charge in [0.05, 0.1) is 5.56 Å². The number of thioether (sulfide) groups is 2. The molecule has 0 N–H and O–H groups in total. The summed E-state index contributed by atoms with van der Waals surface area (Å²) in [5, 5.41) is 0.454. The molecule has 4 heteroatoms. The van der Waals surface area contributed by atoms with Gasteiger partial charge in [-0.2, -0.15) is 11.8 Å². The van der Waals surface area contributed by atoms with Gasteiger partial charge in [-0.1, -0.05) is 26.0 Å². The summed E-state index contributed by atoms with van der Waals surface area (Å²) in [4.78, 5) is 12.9. The van der Waals surface area contributed by atoms with Crippen LogP contribution in [-0.2, 0) is 4.74 Å². The van der Waals surface area contributed by atoms with Crippen LogP contribution < -0.4 is 0 Å². The van der Waals surface area contributed by atoms with Crippen molar-refractivity contribution < 1.29 is 9.53 Å². The van der Waals surface area contributed by atoms with Crippen LogP contribution in [0.2, 0.25) is 0 Å². The van der Waals surface area contributed by atoms with E-state index in [0.29, 0.717) is 17.4 Å². The van der Waals surface area contributed by atoms with Crippen molar-refractivity contribution in [1.29, 1.82) is 0 Å². The highest BCUT2D eigenvalue weighted by atomic mass is 32.2. The zero-order valence-corrected chi connectivity index (χ0v) is 12.1. The Labute approximate surface area is 112 Å². The van der Waals surface area contributed by atoms with Crippen LogP contribution in [-0.4, -0.2) is 29.8 Å². The Kier molecular flexibility index (Phi) is 6.52. The summed E-state index contributed by atoms with van der Waals surface area (Å²) >= 11 is 3.36. The first kappa shape index (κ1) is 14.5. The van der Waals surface area contributed by atoms with Gasteiger partial charge in [0.2, 0.25) is 0 Å². The monoisotopic (exact) mass is 270 g/mol. The first-order valence-corrected chi connectivity index (χ1v) is 7.84. The maximum atomic E-state index is 11.9. The second-order valence-corrected chi connectivity index (χ2v) is 6.40. The molecule has 0 saturated heterocycles. The van der Waals surface area contributed by atoms with Gasteiger partial charge >= 0.3 is 5.97 Å². The fraction of sp³-hybridized carbons (Fsp3) is 0.462. The molecule has 0 fully saturated rings. The molecule has 0 bridgehead atoms. The zero-order valence-electron chi connectivity index (χ0n) is 10.4. The van der Waals surface area contributed by atoms with E-state index in [1.807, 2.05) is 30.5 Å². The minimum Gasteiger partial charge on any atom is -0.461 e. The van der Waals surface area contributed by atoms with Gasteiger partial charge in [-0.25, -0.2) is 4.79 Å². The van der Waals surface area contributed by atoms with Crippen LogP contribution in [0.3, 0.4) is 0 Å². The summed E-state index contributed by atoms with van der Waals surface area (Å²) in [6.45, 7) is 4.70. The molecule has 0 amide bonds. The molecule has 94 valence electrons. The van der Waals surface area contributed by atoms with E-state index >= 15 is 0 Å². The highest BCUT2D eigenvalue weighted by Gasteiger charge is 2.13. The minimum atomic E-state index is -0.220. The number of rotatable bonds is 6. The van der Waals surface area contributed by atoms with Gasteiger partial charge in [-0.15, -0.1) is 11.8 Å². The van der Waals surface area contributed by atoms with E-state index in [4.69, 9.17) is 4.74 Å². The predicted octanol–water partition coefficient (Wildman–Crippen LogP) is 3.71. The maximum Gasteiger partial charge on any atom is 0.339 e. The average Bonchev–Trinajstić information content (AvgIpc) is 2.29. The molecule has 17 heavy (non-hydrogen) atoms. The Balaban J connectivity index is 2.71. The van der Waals surface area contributed by atoms with Crippen LogP contribution >= 0.6 is 23.5 Å². The van der Waals surface area contributed by atoms with Crippen LogP contribution in [0.5, 0.6) is 0 Å². The molecule has 0 aliphatic rings. The fourth-order valence-corrected chi connectivity index (χ4v) is 2.48. The first-order chi connectivity index (χ1) is 8.15. The standard InChI is InChI=1S/C13H18O2S2/c1-10(2)17-12-7-5-4-6-11(12)13(14)15-8-9-16-3/h4-7,10H,8-9H2,1-3H3. The van der Waals surface area contributed by atoms with E-state index in [0.717, 1.165) is 10.6 Å². The molecule has 1 rings (SSSR count). The lowest BCUT2D eigenvalue weighted by atomic mass is 10.2. The Morgan fingerprint density at radius 3 is 2.71 bits per heavy atom. The molecule has 0 atom stereocenters. The Bertz CT molecular complexity index is 364. The average molecular weight is 270 g/mol. The van der Waals surface area contributed by atoms with Crippen molar-refractivity contribution in [1.82, 2.24) is 0 Å². The van der Waals surface area contributed by atoms with Gasteiger partial charge < -0.3 is 4.74 Å². The summed E-state index contributed by atoms with van der Waals surface area (Å²) in [6.07, 6.45) is 2.00. The van der Waals surface area contributed by atoms with Gasteiger partial charge in [0, 0.05) is 15.9 Å². The summed E-state index contributed by atoms with van der Waals surface area (Å²) in [5.41, 5.74) is 0.673. The molecule has 1 aromatic rings. The number of esters is 1. The Morgan fingerprint density at radius 2 is 2.06 bits per heavy atom. The molecule has 0 aliphatic carbocycles. The SMILES string of the molecule is CSCCOC(=O)c1ccccc1SC(C)C. The second-order valence-electron chi connectivity index (χ2n) is 3.79. The summed E-state index contributed by atoms with van der Waals surface area (Å²) in [5.74, 6) is 0.619. The van der Waals surface area contributed by atoms with E-state index < -0.39 is 0 Å². The second kappa shape index (κ2) is 7.67. The summed E-state index contributed by atoms with van der Waals surface area (Å²) < 4.78 is 5.22. The third-order valence-electron chi connectivity index (χ3n) is 1.99. The summed E-state index contributed by atoms with van der Waals surface area (Å²) in [7, 11) is 0. The topological polar surface area (TPSA) is 26.3 Å². The highest BCUT2D eigenvalue weighted by Crippen LogP contribution is 2.26. The van der Waals surface area contributed by atoms with Crippen LogP contribution in [0.25, 0.3) is 0 Å². The molecule has 0 radical (unpaired) electrons. The molecule has 0 aromatic heterocycles. The Morgan fingerprint density at radius 1 is 1.35 bits per heavy atom. The lowest BCUT2D eigenvalue weighted by Crippen LogP contribution is -2.09. The van der Waals surface area contributed by atoms with Gasteiger partial charge in [-0.05, 0) is 18.4 Å². The van der Waals surface area contributed by atoms with Crippen molar-refractivity contribution in [2.24, 2.45) is 0 Å². The minimum absolute atomic E-state index is 0.220. The number of carbonyl (C=O) groups is 1. The van der Waals surface area contributed by atoms with Crippen molar-refractivity contribution >= 4 is 29.5 Å². The van der Waals surface area contributed by atoms with Crippen molar-refractivity contribution in [3.05, 3.63) is 29.8 Å². The van der Waals surface area contributed by atoms with Crippen LogP contribution in [0.4, 0.5) is 0 Å². The van der Waals surface area contributed by atoms with Crippen molar-refractivity contribution in [3.63, 3.8) is 0 Å². The largest absolute Gasteiger partial charge is 0.461 e. The van der Waals surface area contributed by atoms with Gasteiger partial charge in [0.1, 0.15) is 6.61 Å². The van der Waals surface area contributed by atoms with E-state index in [2.05, 4.69) is 13.8 Å². The molecule has 0 unspecified atom stereocenters. The van der Waals surface area contributed by atoms with E-state index in [1.165, 1.54) is 0 Å². The fourth-order valence-electron chi connectivity index (χ4n) is 1.29. The van der Waals surface area contributed by atoms with E-state index in [-0.39, 0.29) is 5.97 Å². The number of benzene rings is 1. The van der Waals surface area contributed by atoms with Gasteiger partial charge in [0.25, 0.3) is 0 Å². The van der Waals surface area contributed by atoms with E-state index in [9.17, 15) is 4.79 Å². The zero-order chi connectivity index (χ0) is 12.7. The third-order valence-corrected chi connectivity index (χ3v) is 3.65. The lowest BCUT2D eigenvalue weighted by Gasteiger charge is -2.10. The smallest absolute Gasteiger partial charge is 0.339 e. The number of hydrogen-bond acceptors (Lipinski definition) is 4. The molecular formula is C13H18O2S2. The number of ether oxygens (including phenoxy) is 1. The number of carbonyl (C=O) groups excluding carboxylic acids is 1.